The van der Waals surface area contributed by atoms with Crippen molar-refractivity contribution in [3.8, 4) is 0 Å². The molecule has 2 aliphatic heterocycles. The molecule has 188 valence electrons. The molecule has 1 aromatic carbocycles. The zero-order valence-corrected chi connectivity index (χ0v) is 20.8. The summed E-state index contributed by atoms with van der Waals surface area (Å²) in [5, 5.41) is 2.30. The summed E-state index contributed by atoms with van der Waals surface area (Å²) in [6, 6.07) is 10.4. The molecule has 8 nitrogen and oxygen atoms in total. The van der Waals surface area contributed by atoms with Gasteiger partial charge in [0.2, 0.25) is 11.9 Å². The Morgan fingerprint density at radius 3 is 2.33 bits per heavy atom. The normalized spacial score (nSPS) is 18.5. The Hall–Kier alpha value is -3.52. The molecule has 2 fully saturated rings. The number of likely N-dealkylation sites (tertiary alicyclic amines) is 2. The van der Waals surface area contributed by atoms with E-state index in [1.165, 1.54) is 5.39 Å². The molecule has 0 saturated carbocycles. The van der Waals surface area contributed by atoms with Crippen molar-refractivity contribution in [2.45, 2.75) is 32.2 Å². The molecule has 36 heavy (non-hydrogen) atoms. The molecule has 5 rings (SSSR count). The lowest BCUT2D eigenvalue weighted by atomic mass is 9.86. The zero-order valence-electron chi connectivity index (χ0n) is 20.8. The van der Waals surface area contributed by atoms with E-state index in [1.807, 2.05) is 24.6 Å². The number of carbonyl (C=O) groups excluding carboxylic acids is 1. The van der Waals surface area contributed by atoms with Crippen LogP contribution in [0.1, 0.15) is 36.9 Å². The first-order chi connectivity index (χ1) is 17.6. The summed E-state index contributed by atoms with van der Waals surface area (Å²) in [6.07, 6.45) is 11.0. The molecule has 2 saturated heterocycles. The zero-order chi connectivity index (χ0) is 24.9. The highest BCUT2D eigenvalue weighted by molar-refractivity contribution is 5.84. The molecular weight excluding hydrogens is 452 g/mol. The van der Waals surface area contributed by atoms with Crippen LogP contribution in [0.3, 0.4) is 0 Å². The summed E-state index contributed by atoms with van der Waals surface area (Å²) in [4.78, 5) is 30.6. The van der Waals surface area contributed by atoms with Crippen molar-refractivity contribution >= 4 is 28.2 Å². The smallest absolute Gasteiger partial charge is 0.225 e. The molecule has 8 heteroatoms. The largest absolute Gasteiger partial charge is 0.504 e. The molecule has 0 aliphatic carbocycles. The number of amides is 1. The second kappa shape index (κ2) is 11.0. The maximum absolute atomic E-state index is 13.3. The number of ether oxygens (including phenoxy) is 1. The minimum absolute atomic E-state index is 0.108. The van der Waals surface area contributed by atoms with Crippen LogP contribution >= 0.6 is 0 Å². The number of hydrogen-bond acceptors (Lipinski definition) is 7. The summed E-state index contributed by atoms with van der Waals surface area (Å²) in [6.45, 7) is 4.17. The van der Waals surface area contributed by atoms with Crippen LogP contribution in [0.15, 0.2) is 55.2 Å². The molecule has 2 aromatic heterocycles. The number of carbonyl (C=O) groups is 1. The summed E-state index contributed by atoms with van der Waals surface area (Å²) < 4.78 is 5.45. The predicted molar refractivity (Wildman–Crippen MR) is 140 cm³/mol. The summed E-state index contributed by atoms with van der Waals surface area (Å²) in [7, 11) is 1.69. The highest BCUT2D eigenvalue weighted by Gasteiger charge is 2.32. The van der Waals surface area contributed by atoms with E-state index in [-0.39, 0.29) is 5.92 Å². The Morgan fingerprint density at radius 2 is 1.64 bits per heavy atom. The van der Waals surface area contributed by atoms with Gasteiger partial charge in [-0.1, -0.05) is 24.3 Å². The summed E-state index contributed by atoms with van der Waals surface area (Å²) in [5.41, 5.74) is 8.71. The van der Waals surface area contributed by atoms with Crippen molar-refractivity contribution in [1.29, 1.82) is 0 Å². The van der Waals surface area contributed by atoms with E-state index >= 15 is 0 Å². The number of benzene rings is 1. The molecule has 3 aromatic rings. The van der Waals surface area contributed by atoms with Crippen molar-refractivity contribution in [3.05, 3.63) is 66.4 Å². The Bertz CT molecular complexity index is 1210. The standard InChI is InChI=1S/C28H34N6O2/c1-36-19-25(26-14-23-4-2-3-5-24(23)17-30-26)21-8-12-34(13-9-21)27(35)22-6-10-33(11-7-22)18-20-15-31-28(29)32-16-20/h2-5,14-17,19,21-22H,6-13,18H2,1H3,(H2,29,31,32). The first-order valence-corrected chi connectivity index (χ1v) is 12.8. The fourth-order valence-corrected chi connectivity index (χ4v) is 5.45. The quantitative estimate of drug-likeness (QED) is 0.530. The van der Waals surface area contributed by atoms with E-state index in [0.29, 0.717) is 17.8 Å². The number of rotatable bonds is 6. The van der Waals surface area contributed by atoms with Gasteiger partial charge in [-0.3, -0.25) is 14.7 Å². The Kier molecular flexibility index (Phi) is 7.41. The van der Waals surface area contributed by atoms with Crippen molar-refractivity contribution in [1.82, 2.24) is 24.8 Å². The predicted octanol–water partition coefficient (Wildman–Crippen LogP) is 3.75. The number of fused-ring (bicyclic) bond motifs is 1. The van der Waals surface area contributed by atoms with E-state index in [1.54, 1.807) is 19.5 Å². The number of nitrogens with two attached hydrogens (primary N) is 1. The minimum Gasteiger partial charge on any atom is -0.504 e. The maximum atomic E-state index is 13.3. The van der Waals surface area contributed by atoms with Gasteiger partial charge in [0.1, 0.15) is 0 Å². The third-order valence-corrected chi connectivity index (χ3v) is 7.49. The number of nitrogen functional groups attached to an aromatic ring is 1. The van der Waals surface area contributed by atoms with E-state index in [0.717, 1.165) is 80.6 Å². The molecule has 0 radical (unpaired) electrons. The number of pyridine rings is 1. The van der Waals surface area contributed by atoms with Gasteiger partial charge in [0.15, 0.2) is 0 Å². The Balaban J connectivity index is 1.15. The van der Waals surface area contributed by atoms with Gasteiger partial charge in [0, 0.05) is 60.7 Å². The number of allylic oxidation sites excluding steroid dienone is 1. The van der Waals surface area contributed by atoms with Crippen molar-refractivity contribution in [2.75, 3.05) is 39.0 Å². The Labute approximate surface area is 212 Å². The molecule has 0 atom stereocenters. The van der Waals surface area contributed by atoms with Gasteiger partial charge in [-0.15, -0.1) is 0 Å². The molecule has 0 unspecified atom stereocenters. The van der Waals surface area contributed by atoms with Gasteiger partial charge in [0.05, 0.1) is 19.1 Å². The lowest BCUT2D eigenvalue weighted by Crippen LogP contribution is -2.45. The second-order valence-electron chi connectivity index (χ2n) is 9.83. The van der Waals surface area contributed by atoms with Gasteiger partial charge in [-0.05, 0) is 56.1 Å². The molecule has 2 aliphatic rings. The van der Waals surface area contributed by atoms with Crippen LogP contribution < -0.4 is 5.73 Å². The number of nitrogens with zero attached hydrogens (tertiary/aromatic N) is 5. The fourth-order valence-electron chi connectivity index (χ4n) is 5.45. The minimum atomic E-state index is 0.108. The van der Waals surface area contributed by atoms with Gasteiger partial charge >= 0.3 is 0 Å². The average Bonchev–Trinajstić information content (AvgIpc) is 2.93. The van der Waals surface area contributed by atoms with Crippen LogP contribution in [0.5, 0.6) is 0 Å². The average molecular weight is 487 g/mol. The van der Waals surface area contributed by atoms with Crippen LogP contribution in [0.25, 0.3) is 16.3 Å². The summed E-state index contributed by atoms with van der Waals surface area (Å²) in [5.74, 6) is 1.04. The Morgan fingerprint density at radius 1 is 0.972 bits per heavy atom. The first-order valence-electron chi connectivity index (χ1n) is 12.8. The first kappa shape index (κ1) is 24.2. The van der Waals surface area contributed by atoms with Crippen LogP contribution in [-0.2, 0) is 16.1 Å². The third-order valence-electron chi connectivity index (χ3n) is 7.49. The maximum Gasteiger partial charge on any atom is 0.225 e. The monoisotopic (exact) mass is 486 g/mol. The lowest BCUT2D eigenvalue weighted by molar-refractivity contribution is -0.138. The SMILES string of the molecule is COC=C(c1cc2ccccc2cn1)C1CCN(C(=O)C2CCN(Cc3cnc(N)nc3)CC2)CC1. The topological polar surface area (TPSA) is 97.5 Å². The van der Waals surface area contributed by atoms with E-state index in [4.69, 9.17) is 15.5 Å². The van der Waals surface area contributed by atoms with E-state index in [9.17, 15) is 4.79 Å². The molecule has 4 heterocycles. The van der Waals surface area contributed by atoms with Crippen molar-refractivity contribution in [3.63, 3.8) is 0 Å². The molecular formula is C28H34N6O2. The number of aromatic nitrogens is 3. The number of piperidine rings is 2. The highest BCUT2D eigenvalue weighted by Crippen LogP contribution is 2.33. The lowest BCUT2D eigenvalue weighted by Gasteiger charge is -2.37. The molecule has 0 bridgehead atoms. The third kappa shape index (κ3) is 5.49. The van der Waals surface area contributed by atoms with Gasteiger partial charge in [-0.25, -0.2) is 9.97 Å². The van der Waals surface area contributed by atoms with Crippen LogP contribution in [0, 0.1) is 11.8 Å². The fraction of sp³-hybridized carbons (Fsp3) is 0.429. The van der Waals surface area contributed by atoms with Crippen molar-refractivity contribution in [2.24, 2.45) is 11.8 Å². The van der Waals surface area contributed by atoms with Crippen LogP contribution in [0.4, 0.5) is 5.95 Å². The number of methoxy groups -OCH3 is 1. The van der Waals surface area contributed by atoms with Gasteiger partial charge < -0.3 is 15.4 Å². The van der Waals surface area contributed by atoms with Gasteiger partial charge in [0.25, 0.3) is 0 Å². The molecule has 2 N–H and O–H groups in total. The summed E-state index contributed by atoms with van der Waals surface area (Å²) >= 11 is 0. The highest BCUT2D eigenvalue weighted by atomic mass is 16.5. The molecule has 0 spiro atoms. The number of hydrogen-bond donors (Lipinski definition) is 1. The second-order valence-corrected chi connectivity index (χ2v) is 9.83. The van der Waals surface area contributed by atoms with Crippen LogP contribution in [-0.4, -0.2) is 63.9 Å². The van der Waals surface area contributed by atoms with E-state index < -0.39 is 0 Å². The van der Waals surface area contributed by atoms with Crippen molar-refractivity contribution < 1.29 is 9.53 Å². The van der Waals surface area contributed by atoms with Crippen LogP contribution in [0.2, 0.25) is 0 Å². The number of anilines is 1. The molecule has 1 amide bonds. The van der Waals surface area contributed by atoms with E-state index in [2.05, 4.69) is 38.0 Å². The van der Waals surface area contributed by atoms with Gasteiger partial charge in [-0.2, -0.15) is 0 Å².